The number of rotatable bonds is 10. The van der Waals surface area contributed by atoms with Crippen LogP contribution in [0.5, 0.6) is 0 Å². The van der Waals surface area contributed by atoms with Crippen molar-refractivity contribution in [1.29, 1.82) is 0 Å². The third-order valence-electron chi connectivity index (χ3n) is 6.22. The topological polar surface area (TPSA) is 162 Å². The zero-order chi connectivity index (χ0) is 29.9. The van der Waals surface area contributed by atoms with Gasteiger partial charge in [0, 0.05) is 58.3 Å². The number of carbonyl (C=O) groups is 5. The second-order valence-electron chi connectivity index (χ2n) is 9.40. The number of carboxylic acid groups (broad SMARTS) is 1. The minimum Gasteiger partial charge on any atom is -0.481 e. The highest BCUT2D eigenvalue weighted by atomic mass is 16.6. The highest BCUT2D eigenvalue weighted by Gasteiger charge is 2.31. The highest BCUT2D eigenvalue weighted by molar-refractivity contribution is 5.97. The fraction of sp³-hybridized carbons (Fsp3) is 0.393. The fourth-order valence-corrected chi connectivity index (χ4v) is 3.99. The molecule has 1 fully saturated rings. The number of carboxylic acids is 1. The van der Waals surface area contributed by atoms with Gasteiger partial charge in [0.05, 0.1) is 12.3 Å². The Kier molecular flexibility index (Phi) is 10.9. The summed E-state index contributed by atoms with van der Waals surface area (Å²) in [5.74, 6) is -2.32. The maximum Gasteiger partial charge on any atom is 0.409 e. The molecule has 0 bridgehead atoms. The fourth-order valence-electron chi connectivity index (χ4n) is 3.99. The minimum absolute atomic E-state index is 0.0592. The maximum atomic E-state index is 13.4. The molecule has 0 aliphatic carbocycles. The first kappa shape index (κ1) is 30.7. The molecule has 0 saturated carbocycles. The first-order valence-corrected chi connectivity index (χ1v) is 13.2. The van der Waals surface area contributed by atoms with Crippen LogP contribution in [0.3, 0.4) is 0 Å². The van der Waals surface area contributed by atoms with Crippen molar-refractivity contribution >= 4 is 35.9 Å². The molecule has 1 aromatic carbocycles. The summed E-state index contributed by atoms with van der Waals surface area (Å²) >= 11 is 0. The molecule has 0 spiro atoms. The monoisotopic (exact) mass is 566 g/mol. The number of hydrogen-bond donors (Lipinski definition) is 2. The Morgan fingerprint density at radius 3 is 2.32 bits per heavy atom. The van der Waals surface area contributed by atoms with Gasteiger partial charge in [-0.05, 0) is 25.5 Å². The molecule has 218 valence electrons. The number of benzene rings is 1. The predicted molar refractivity (Wildman–Crippen MR) is 148 cm³/mol. The van der Waals surface area contributed by atoms with Gasteiger partial charge in [0.15, 0.2) is 5.82 Å². The summed E-state index contributed by atoms with van der Waals surface area (Å²) in [7, 11) is 3.21. The second kappa shape index (κ2) is 14.5. The van der Waals surface area contributed by atoms with Crippen molar-refractivity contribution in [3.05, 3.63) is 53.9 Å². The third-order valence-corrected chi connectivity index (χ3v) is 6.22. The van der Waals surface area contributed by atoms with E-state index in [-0.39, 0.29) is 63.1 Å². The van der Waals surface area contributed by atoms with Gasteiger partial charge in [-0.3, -0.25) is 19.2 Å². The van der Waals surface area contributed by atoms with Gasteiger partial charge < -0.3 is 29.9 Å². The van der Waals surface area contributed by atoms with Crippen LogP contribution in [0.2, 0.25) is 0 Å². The molecule has 0 unspecified atom stereocenters. The highest BCUT2D eigenvalue weighted by Crippen LogP contribution is 2.17. The average molecular weight is 567 g/mol. The largest absolute Gasteiger partial charge is 0.481 e. The van der Waals surface area contributed by atoms with E-state index in [0.717, 1.165) is 0 Å². The number of amides is 4. The summed E-state index contributed by atoms with van der Waals surface area (Å²) in [6.07, 6.45) is 1.82. The standard InChI is InChI=1S/C28H34N6O7/c1-4-41-28(40)34-16-14-33(15-17-34)27(39)21(11-13-24(36)37)31-26(38)22-18-20(10-12-23(35)32(2)3)29-25(30-22)19-8-6-5-7-9-19/h5-10,12,18,21H,4,11,13-17H2,1-3H3,(H,31,38)(H,36,37)/b12-10+/t21-/m0/s1. The van der Waals surface area contributed by atoms with Crippen LogP contribution in [0.25, 0.3) is 17.5 Å². The lowest BCUT2D eigenvalue weighted by Gasteiger charge is -2.35. The van der Waals surface area contributed by atoms with Crippen LogP contribution < -0.4 is 5.32 Å². The normalized spacial score (nSPS) is 13.9. The van der Waals surface area contributed by atoms with Gasteiger partial charge in [-0.1, -0.05) is 30.3 Å². The number of likely N-dealkylation sites (N-methyl/N-ethyl adjacent to an activating group) is 1. The van der Waals surface area contributed by atoms with Gasteiger partial charge in [-0.2, -0.15) is 0 Å². The number of carbonyl (C=O) groups excluding carboxylic acids is 4. The second-order valence-corrected chi connectivity index (χ2v) is 9.40. The molecule has 4 amide bonds. The molecule has 2 aromatic rings. The molecule has 0 radical (unpaired) electrons. The molecule has 13 nitrogen and oxygen atoms in total. The van der Waals surface area contributed by atoms with Crippen LogP contribution in [0.4, 0.5) is 4.79 Å². The minimum atomic E-state index is -1.14. The van der Waals surface area contributed by atoms with Crippen molar-refractivity contribution in [3.8, 4) is 11.4 Å². The smallest absolute Gasteiger partial charge is 0.409 e. The van der Waals surface area contributed by atoms with Gasteiger partial charge in [-0.25, -0.2) is 14.8 Å². The first-order valence-electron chi connectivity index (χ1n) is 13.2. The van der Waals surface area contributed by atoms with E-state index in [1.54, 1.807) is 45.3 Å². The van der Waals surface area contributed by atoms with E-state index < -0.39 is 29.9 Å². The van der Waals surface area contributed by atoms with E-state index in [1.165, 1.54) is 32.9 Å². The number of nitrogens with zero attached hydrogens (tertiary/aromatic N) is 5. The Morgan fingerprint density at radius 1 is 1.05 bits per heavy atom. The maximum absolute atomic E-state index is 13.4. The van der Waals surface area contributed by atoms with Gasteiger partial charge in [0.2, 0.25) is 11.8 Å². The quantitative estimate of drug-likeness (QED) is 0.406. The molecule has 41 heavy (non-hydrogen) atoms. The van der Waals surface area contributed by atoms with Crippen LogP contribution in [0, 0.1) is 0 Å². The zero-order valence-electron chi connectivity index (χ0n) is 23.3. The lowest BCUT2D eigenvalue weighted by Crippen LogP contribution is -2.56. The van der Waals surface area contributed by atoms with E-state index >= 15 is 0 Å². The third kappa shape index (κ3) is 8.85. The molecular weight excluding hydrogens is 532 g/mol. The van der Waals surface area contributed by atoms with Gasteiger partial charge in [0.1, 0.15) is 11.7 Å². The average Bonchev–Trinajstić information content (AvgIpc) is 2.97. The molecule has 1 aliphatic heterocycles. The molecule has 1 atom stereocenters. The summed E-state index contributed by atoms with van der Waals surface area (Å²) in [6.45, 7) is 2.85. The molecule has 13 heteroatoms. The predicted octanol–water partition coefficient (Wildman–Crippen LogP) is 1.51. The van der Waals surface area contributed by atoms with Crippen molar-refractivity contribution in [1.82, 2.24) is 30.0 Å². The van der Waals surface area contributed by atoms with Gasteiger partial charge >= 0.3 is 12.1 Å². The van der Waals surface area contributed by atoms with E-state index in [4.69, 9.17) is 4.74 Å². The van der Waals surface area contributed by atoms with Crippen LogP contribution in [-0.2, 0) is 19.1 Å². The van der Waals surface area contributed by atoms with Crippen molar-refractivity contribution in [2.24, 2.45) is 0 Å². The number of aliphatic carboxylic acids is 1. The van der Waals surface area contributed by atoms with Crippen LogP contribution in [0.15, 0.2) is 42.5 Å². The van der Waals surface area contributed by atoms with Gasteiger partial charge in [-0.15, -0.1) is 0 Å². The van der Waals surface area contributed by atoms with Crippen molar-refractivity contribution in [2.75, 3.05) is 46.9 Å². The Labute approximate surface area is 237 Å². The molecule has 3 rings (SSSR count). The van der Waals surface area contributed by atoms with E-state index in [1.807, 2.05) is 6.07 Å². The Morgan fingerprint density at radius 2 is 1.71 bits per heavy atom. The summed E-state index contributed by atoms with van der Waals surface area (Å²) in [6, 6.07) is 9.18. The molecule has 2 heterocycles. The summed E-state index contributed by atoms with van der Waals surface area (Å²) < 4.78 is 5.01. The molecule has 1 aromatic heterocycles. The number of nitrogens with one attached hydrogen (secondary N) is 1. The van der Waals surface area contributed by atoms with E-state index in [2.05, 4.69) is 15.3 Å². The number of hydrogen-bond acceptors (Lipinski definition) is 8. The summed E-state index contributed by atoms with van der Waals surface area (Å²) in [5.41, 5.74) is 0.868. The number of aromatic nitrogens is 2. The SMILES string of the molecule is CCOC(=O)N1CCN(C(=O)[C@H](CCC(=O)O)NC(=O)c2cc(/C=C/C(=O)N(C)C)nc(-c3ccccc3)n2)CC1. The Bertz CT molecular complexity index is 1290. The Hall–Kier alpha value is -4.81. The summed E-state index contributed by atoms with van der Waals surface area (Å²) in [5, 5.41) is 11.9. The van der Waals surface area contributed by atoms with Gasteiger partial charge in [0.25, 0.3) is 5.91 Å². The first-order chi connectivity index (χ1) is 19.6. The molecule has 2 N–H and O–H groups in total. The van der Waals surface area contributed by atoms with Crippen molar-refractivity contribution in [3.63, 3.8) is 0 Å². The Balaban J connectivity index is 1.84. The van der Waals surface area contributed by atoms with E-state index in [0.29, 0.717) is 11.3 Å². The van der Waals surface area contributed by atoms with Crippen molar-refractivity contribution in [2.45, 2.75) is 25.8 Å². The number of piperazine rings is 1. The van der Waals surface area contributed by atoms with Crippen LogP contribution in [0.1, 0.15) is 35.9 Å². The number of ether oxygens (including phenoxy) is 1. The van der Waals surface area contributed by atoms with Crippen LogP contribution in [-0.4, -0.2) is 112 Å². The van der Waals surface area contributed by atoms with E-state index in [9.17, 15) is 29.1 Å². The molecular formula is C28H34N6O7. The molecule has 1 saturated heterocycles. The lowest BCUT2D eigenvalue weighted by atomic mass is 10.1. The molecule has 1 aliphatic rings. The van der Waals surface area contributed by atoms with Crippen LogP contribution >= 0.6 is 0 Å². The lowest BCUT2D eigenvalue weighted by molar-refractivity contribution is -0.138. The summed E-state index contributed by atoms with van der Waals surface area (Å²) in [4.78, 5) is 75.3. The van der Waals surface area contributed by atoms with Crippen molar-refractivity contribution < 1.29 is 33.8 Å². The zero-order valence-corrected chi connectivity index (χ0v) is 23.3.